The third-order valence-electron chi connectivity index (χ3n) is 3.16. The van der Waals surface area contributed by atoms with Crippen LogP contribution in [0.2, 0.25) is 0 Å². The van der Waals surface area contributed by atoms with E-state index in [1.54, 1.807) is 11.3 Å². The SMILES string of the molecule is CCC(C)c1nnc(C(NC)c2ccccc2)s1. The van der Waals surface area contributed by atoms with Crippen LogP contribution in [0.25, 0.3) is 0 Å². The zero-order chi connectivity index (χ0) is 13.0. The second-order valence-corrected chi connectivity index (χ2v) is 5.46. The van der Waals surface area contributed by atoms with E-state index in [2.05, 4.69) is 53.6 Å². The van der Waals surface area contributed by atoms with Crippen LogP contribution in [0.3, 0.4) is 0 Å². The Morgan fingerprint density at radius 1 is 1.17 bits per heavy atom. The van der Waals surface area contributed by atoms with Crippen molar-refractivity contribution in [2.24, 2.45) is 0 Å². The molecule has 0 fully saturated rings. The van der Waals surface area contributed by atoms with Crippen LogP contribution < -0.4 is 5.32 Å². The fourth-order valence-corrected chi connectivity index (χ4v) is 2.93. The molecule has 0 saturated heterocycles. The van der Waals surface area contributed by atoms with Crippen molar-refractivity contribution in [2.45, 2.75) is 32.2 Å². The summed E-state index contributed by atoms with van der Waals surface area (Å²) in [6.45, 7) is 4.37. The lowest BCUT2D eigenvalue weighted by atomic mass is 10.1. The summed E-state index contributed by atoms with van der Waals surface area (Å²) in [5.74, 6) is 0.490. The van der Waals surface area contributed by atoms with Crippen LogP contribution in [-0.4, -0.2) is 17.2 Å². The quantitative estimate of drug-likeness (QED) is 0.897. The molecule has 0 radical (unpaired) electrons. The second-order valence-electron chi connectivity index (χ2n) is 4.42. The Labute approximate surface area is 112 Å². The molecule has 1 heterocycles. The highest BCUT2D eigenvalue weighted by Gasteiger charge is 2.18. The Kier molecular flexibility index (Phi) is 4.44. The van der Waals surface area contributed by atoms with Gasteiger partial charge in [-0.15, -0.1) is 10.2 Å². The summed E-state index contributed by atoms with van der Waals surface area (Å²) in [4.78, 5) is 0. The van der Waals surface area contributed by atoms with E-state index in [-0.39, 0.29) is 6.04 Å². The first-order valence-electron chi connectivity index (χ1n) is 6.31. The van der Waals surface area contributed by atoms with Crippen molar-refractivity contribution in [3.05, 3.63) is 45.9 Å². The standard InChI is InChI=1S/C14H19N3S/c1-4-10(2)13-16-17-14(18-13)12(15-3)11-8-6-5-7-9-11/h5-10,12,15H,4H2,1-3H3. The zero-order valence-corrected chi connectivity index (χ0v) is 11.9. The minimum atomic E-state index is 0.140. The topological polar surface area (TPSA) is 37.8 Å². The lowest BCUT2D eigenvalue weighted by Crippen LogP contribution is -2.17. The van der Waals surface area contributed by atoms with Gasteiger partial charge in [0.25, 0.3) is 0 Å². The van der Waals surface area contributed by atoms with Crippen LogP contribution in [0.1, 0.15) is 47.8 Å². The molecular formula is C14H19N3S. The first-order valence-corrected chi connectivity index (χ1v) is 7.13. The molecule has 0 saturated carbocycles. The summed E-state index contributed by atoms with van der Waals surface area (Å²) in [5.41, 5.74) is 1.23. The minimum absolute atomic E-state index is 0.140. The van der Waals surface area contributed by atoms with Gasteiger partial charge < -0.3 is 5.32 Å². The summed E-state index contributed by atoms with van der Waals surface area (Å²) >= 11 is 1.71. The molecule has 2 aromatic rings. The van der Waals surface area contributed by atoms with Gasteiger partial charge in [0.2, 0.25) is 0 Å². The van der Waals surface area contributed by atoms with Crippen molar-refractivity contribution >= 4 is 11.3 Å². The number of benzene rings is 1. The largest absolute Gasteiger partial charge is 0.307 e. The van der Waals surface area contributed by atoms with Crippen LogP contribution in [-0.2, 0) is 0 Å². The van der Waals surface area contributed by atoms with Crippen molar-refractivity contribution < 1.29 is 0 Å². The van der Waals surface area contributed by atoms with Crippen LogP contribution in [0.4, 0.5) is 0 Å². The summed E-state index contributed by atoms with van der Waals surface area (Å²) in [6.07, 6.45) is 1.10. The highest BCUT2D eigenvalue weighted by atomic mass is 32.1. The van der Waals surface area contributed by atoms with Gasteiger partial charge in [-0.25, -0.2) is 0 Å². The van der Waals surface area contributed by atoms with Gasteiger partial charge >= 0.3 is 0 Å². The Morgan fingerprint density at radius 2 is 1.83 bits per heavy atom. The predicted molar refractivity (Wildman–Crippen MR) is 76.0 cm³/mol. The van der Waals surface area contributed by atoms with Gasteiger partial charge in [0.1, 0.15) is 10.0 Å². The highest BCUT2D eigenvalue weighted by molar-refractivity contribution is 7.11. The molecule has 2 atom stereocenters. The Balaban J connectivity index is 2.26. The molecule has 96 valence electrons. The fraction of sp³-hybridized carbons (Fsp3) is 0.429. The van der Waals surface area contributed by atoms with Crippen molar-refractivity contribution in [1.29, 1.82) is 0 Å². The number of hydrogen-bond acceptors (Lipinski definition) is 4. The Bertz CT molecular complexity index is 481. The number of nitrogens with one attached hydrogen (secondary N) is 1. The molecule has 0 spiro atoms. The second kappa shape index (κ2) is 6.07. The van der Waals surface area contributed by atoms with E-state index in [1.165, 1.54) is 5.56 Å². The van der Waals surface area contributed by atoms with E-state index in [1.807, 2.05) is 13.1 Å². The fourth-order valence-electron chi connectivity index (χ4n) is 1.82. The van der Waals surface area contributed by atoms with E-state index < -0.39 is 0 Å². The van der Waals surface area contributed by atoms with E-state index >= 15 is 0 Å². The van der Waals surface area contributed by atoms with Crippen molar-refractivity contribution in [1.82, 2.24) is 15.5 Å². The van der Waals surface area contributed by atoms with Crippen LogP contribution in [0, 0.1) is 0 Å². The Hall–Kier alpha value is -1.26. The molecule has 1 aromatic carbocycles. The third-order valence-corrected chi connectivity index (χ3v) is 4.38. The molecule has 2 unspecified atom stereocenters. The van der Waals surface area contributed by atoms with Crippen molar-refractivity contribution in [2.75, 3.05) is 7.05 Å². The molecular weight excluding hydrogens is 242 g/mol. The van der Waals surface area contributed by atoms with Gasteiger partial charge in [0, 0.05) is 5.92 Å². The molecule has 2 rings (SSSR count). The van der Waals surface area contributed by atoms with Crippen LogP contribution >= 0.6 is 11.3 Å². The van der Waals surface area contributed by atoms with Crippen molar-refractivity contribution in [3.63, 3.8) is 0 Å². The first kappa shape index (κ1) is 13.2. The van der Waals surface area contributed by atoms with E-state index in [0.29, 0.717) is 5.92 Å². The molecule has 18 heavy (non-hydrogen) atoms. The monoisotopic (exact) mass is 261 g/mol. The number of rotatable bonds is 5. The van der Waals surface area contributed by atoms with Crippen LogP contribution in [0.15, 0.2) is 30.3 Å². The Morgan fingerprint density at radius 3 is 2.44 bits per heavy atom. The molecule has 0 amide bonds. The highest BCUT2D eigenvalue weighted by Crippen LogP contribution is 2.28. The minimum Gasteiger partial charge on any atom is -0.307 e. The molecule has 1 N–H and O–H groups in total. The molecule has 0 bridgehead atoms. The number of hydrogen-bond donors (Lipinski definition) is 1. The van der Waals surface area contributed by atoms with E-state index in [4.69, 9.17) is 0 Å². The maximum absolute atomic E-state index is 4.34. The van der Waals surface area contributed by atoms with Gasteiger partial charge in [-0.05, 0) is 19.0 Å². The van der Waals surface area contributed by atoms with Gasteiger partial charge in [-0.3, -0.25) is 0 Å². The smallest absolute Gasteiger partial charge is 0.139 e. The van der Waals surface area contributed by atoms with E-state index in [9.17, 15) is 0 Å². The average molecular weight is 261 g/mol. The van der Waals surface area contributed by atoms with Gasteiger partial charge in [0.05, 0.1) is 6.04 Å². The molecule has 0 aliphatic heterocycles. The summed E-state index contributed by atoms with van der Waals surface area (Å²) in [6, 6.07) is 10.5. The molecule has 4 heteroatoms. The molecule has 0 aliphatic carbocycles. The van der Waals surface area contributed by atoms with Crippen molar-refractivity contribution in [3.8, 4) is 0 Å². The molecule has 0 aliphatic rings. The molecule has 3 nitrogen and oxygen atoms in total. The maximum atomic E-state index is 4.34. The summed E-state index contributed by atoms with van der Waals surface area (Å²) < 4.78 is 0. The summed E-state index contributed by atoms with van der Waals surface area (Å²) in [5, 5.41) is 14.1. The zero-order valence-electron chi connectivity index (χ0n) is 11.1. The predicted octanol–water partition coefficient (Wildman–Crippen LogP) is 3.36. The first-order chi connectivity index (χ1) is 8.76. The van der Waals surface area contributed by atoms with Gasteiger partial charge in [-0.1, -0.05) is 55.5 Å². The average Bonchev–Trinajstić information content (AvgIpc) is 2.89. The normalized spacial score (nSPS) is 14.4. The maximum Gasteiger partial charge on any atom is 0.139 e. The van der Waals surface area contributed by atoms with Gasteiger partial charge in [-0.2, -0.15) is 0 Å². The number of nitrogens with zero attached hydrogens (tertiary/aromatic N) is 2. The molecule has 1 aromatic heterocycles. The van der Waals surface area contributed by atoms with Crippen LogP contribution in [0.5, 0.6) is 0 Å². The lowest BCUT2D eigenvalue weighted by molar-refractivity contribution is 0.671. The van der Waals surface area contributed by atoms with E-state index in [0.717, 1.165) is 16.4 Å². The summed E-state index contributed by atoms with van der Waals surface area (Å²) in [7, 11) is 1.96. The third kappa shape index (κ3) is 2.76. The number of aromatic nitrogens is 2. The lowest BCUT2D eigenvalue weighted by Gasteiger charge is -2.12. The van der Waals surface area contributed by atoms with Gasteiger partial charge in [0.15, 0.2) is 0 Å².